The molecule has 2 rings (SSSR count). The summed E-state index contributed by atoms with van der Waals surface area (Å²) < 4.78 is 1.07. The minimum atomic E-state index is -0.586. The molecule has 1 aromatic carbocycles. The summed E-state index contributed by atoms with van der Waals surface area (Å²) >= 11 is 3.31. The molecule has 0 aliphatic heterocycles. The molecule has 94 valence electrons. The van der Waals surface area contributed by atoms with Crippen LogP contribution in [0.4, 0.5) is 5.69 Å². The fourth-order valence-electron chi connectivity index (χ4n) is 1.32. The number of carbonyl (C=O) groups excluding carboxylic acids is 1. The number of nitrogens with one attached hydrogen (secondary N) is 1. The molecule has 0 saturated carbocycles. The first-order valence-corrected chi connectivity index (χ1v) is 6.21. The van der Waals surface area contributed by atoms with E-state index in [0.717, 1.165) is 11.4 Å². The van der Waals surface area contributed by atoms with Crippen molar-refractivity contribution in [1.29, 1.82) is 0 Å². The van der Waals surface area contributed by atoms with E-state index < -0.39 is 4.32 Å². The molecule has 1 heterocycles. The lowest BCUT2D eigenvalue weighted by atomic mass is 10.2. The van der Waals surface area contributed by atoms with Gasteiger partial charge in [0.2, 0.25) is 5.91 Å². The summed E-state index contributed by atoms with van der Waals surface area (Å²) in [5, 5.41) is 6.85. The molecule has 0 spiro atoms. The lowest BCUT2D eigenvalue weighted by molar-refractivity contribution is -0.117. The molecule has 0 unspecified atom stereocenters. The molecular formula is C12H13BrN4O. The standard InChI is InChI=1S/C12H13BrN4O/c1-12(2,13)11(18)16-9-3-5-10(6-4-9)17-8-14-7-15-17/h3-8H,1-2H3,(H,16,18). The summed E-state index contributed by atoms with van der Waals surface area (Å²) in [6.45, 7) is 3.60. The van der Waals surface area contributed by atoms with Crippen molar-refractivity contribution in [2.45, 2.75) is 18.2 Å². The third-order valence-corrected chi connectivity index (χ3v) is 2.71. The predicted molar refractivity (Wildman–Crippen MR) is 73.0 cm³/mol. The number of rotatable bonds is 3. The summed E-state index contributed by atoms with van der Waals surface area (Å²) in [5.74, 6) is -0.0870. The predicted octanol–water partition coefficient (Wildman–Crippen LogP) is 2.38. The summed E-state index contributed by atoms with van der Waals surface area (Å²) in [6, 6.07) is 7.39. The second-order valence-electron chi connectivity index (χ2n) is 4.31. The van der Waals surface area contributed by atoms with Gasteiger partial charge in [0.25, 0.3) is 0 Å². The van der Waals surface area contributed by atoms with E-state index in [9.17, 15) is 4.79 Å². The molecular weight excluding hydrogens is 296 g/mol. The number of nitrogens with zero attached hydrogens (tertiary/aromatic N) is 3. The lowest BCUT2D eigenvalue weighted by Crippen LogP contribution is -2.30. The van der Waals surface area contributed by atoms with Gasteiger partial charge in [-0.1, -0.05) is 15.9 Å². The van der Waals surface area contributed by atoms with Gasteiger partial charge in [-0.05, 0) is 38.1 Å². The fourth-order valence-corrected chi connectivity index (χ4v) is 1.42. The van der Waals surface area contributed by atoms with Crippen molar-refractivity contribution < 1.29 is 4.79 Å². The second-order valence-corrected chi connectivity index (χ2v) is 6.30. The molecule has 0 bridgehead atoms. The first-order chi connectivity index (χ1) is 8.47. The Morgan fingerprint density at radius 2 is 2.00 bits per heavy atom. The number of hydrogen-bond acceptors (Lipinski definition) is 3. The fraction of sp³-hybridized carbons (Fsp3) is 0.250. The van der Waals surface area contributed by atoms with Crippen LogP contribution in [-0.4, -0.2) is 25.0 Å². The van der Waals surface area contributed by atoms with Crippen LogP contribution in [0.15, 0.2) is 36.9 Å². The highest BCUT2D eigenvalue weighted by Gasteiger charge is 2.23. The number of hydrogen-bond donors (Lipinski definition) is 1. The van der Waals surface area contributed by atoms with Crippen molar-refractivity contribution in [1.82, 2.24) is 14.8 Å². The van der Waals surface area contributed by atoms with Crippen molar-refractivity contribution in [2.75, 3.05) is 5.32 Å². The third-order valence-electron chi connectivity index (χ3n) is 2.35. The van der Waals surface area contributed by atoms with E-state index >= 15 is 0 Å². The molecule has 6 heteroatoms. The van der Waals surface area contributed by atoms with E-state index in [1.807, 2.05) is 24.3 Å². The number of aromatic nitrogens is 3. The third kappa shape index (κ3) is 2.95. The summed E-state index contributed by atoms with van der Waals surface area (Å²) in [5.41, 5.74) is 1.64. The zero-order valence-corrected chi connectivity index (χ0v) is 11.7. The van der Waals surface area contributed by atoms with Gasteiger partial charge in [-0.2, -0.15) is 5.10 Å². The smallest absolute Gasteiger partial charge is 0.240 e. The first-order valence-electron chi connectivity index (χ1n) is 5.42. The molecule has 18 heavy (non-hydrogen) atoms. The normalized spacial score (nSPS) is 11.3. The number of halogens is 1. The maximum atomic E-state index is 11.8. The van der Waals surface area contributed by atoms with Gasteiger partial charge in [0, 0.05) is 5.69 Å². The number of amides is 1. The Morgan fingerprint density at radius 3 is 2.50 bits per heavy atom. The molecule has 0 aliphatic carbocycles. The van der Waals surface area contributed by atoms with Crippen LogP contribution >= 0.6 is 15.9 Å². The Balaban J connectivity index is 2.12. The van der Waals surface area contributed by atoms with Gasteiger partial charge in [-0.25, -0.2) is 9.67 Å². The van der Waals surface area contributed by atoms with Crippen LogP contribution < -0.4 is 5.32 Å². The van der Waals surface area contributed by atoms with Gasteiger partial charge in [0.05, 0.1) is 10.0 Å². The number of carbonyl (C=O) groups is 1. The van der Waals surface area contributed by atoms with E-state index in [2.05, 4.69) is 31.3 Å². The zero-order chi connectivity index (χ0) is 13.2. The minimum Gasteiger partial charge on any atom is -0.325 e. The Morgan fingerprint density at radius 1 is 1.33 bits per heavy atom. The van der Waals surface area contributed by atoms with Crippen molar-refractivity contribution >= 4 is 27.5 Å². The Kier molecular flexibility index (Phi) is 3.47. The molecule has 0 radical (unpaired) electrons. The van der Waals surface area contributed by atoms with Crippen LogP contribution in [0, 0.1) is 0 Å². The first kappa shape index (κ1) is 12.8. The largest absolute Gasteiger partial charge is 0.325 e. The molecule has 2 aromatic rings. The molecule has 1 N–H and O–H groups in total. The topological polar surface area (TPSA) is 59.8 Å². The van der Waals surface area contributed by atoms with Gasteiger partial charge in [-0.15, -0.1) is 0 Å². The van der Waals surface area contributed by atoms with Gasteiger partial charge in [0.15, 0.2) is 0 Å². The maximum Gasteiger partial charge on any atom is 0.240 e. The molecule has 0 atom stereocenters. The molecule has 0 saturated heterocycles. The van der Waals surface area contributed by atoms with E-state index in [4.69, 9.17) is 0 Å². The Bertz CT molecular complexity index is 528. The quantitative estimate of drug-likeness (QED) is 0.886. The van der Waals surface area contributed by atoms with Crippen LogP contribution in [0.2, 0.25) is 0 Å². The van der Waals surface area contributed by atoms with Gasteiger partial charge in [-0.3, -0.25) is 4.79 Å². The molecule has 0 aliphatic rings. The van der Waals surface area contributed by atoms with Crippen molar-refractivity contribution in [2.24, 2.45) is 0 Å². The van der Waals surface area contributed by atoms with Crippen molar-refractivity contribution in [3.05, 3.63) is 36.9 Å². The minimum absolute atomic E-state index is 0.0870. The van der Waals surface area contributed by atoms with E-state index in [1.54, 1.807) is 24.9 Å². The second kappa shape index (κ2) is 4.89. The van der Waals surface area contributed by atoms with Crippen LogP contribution in [0.3, 0.4) is 0 Å². The summed E-state index contributed by atoms with van der Waals surface area (Å²) in [7, 11) is 0. The molecule has 5 nitrogen and oxygen atoms in total. The Labute approximate surface area is 113 Å². The van der Waals surface area contributed by atoms with Crippen molar-refractivity contribution in [3.8, 4) is 5.69 Å². The highest BCUT2D eigenvalue weighted by atomic mass is 79.9. The summed E-state index contributed by atoms with van der Waals surface area (Å²) in [6.07, 6.45) is 3.10. The number of benzene rings is 1. The highest BCUT2D eigenvalue weighted by Crippen LogP contribution is 2.19. The van der Waals surface area contributed by atoms with E-state index in [1.165, 1.54) is 6.33 Å². The SMILES string of the molecule is CC(C)(Br)C(=O)Nc1ccc(-n2cncn2)cc1. The maximum absolute atomic E-state index is 11.8. The average molecular weight is 309 g/mol. The van der Waals surface area contributed by atoms with Gasteiger partial charge in [0.1, 0.15) is 12.7 Å². The monoisotopic (exact) mass is 308 g/mol. The highest BCUT2D eigenvalue weighted by molar-refractivity contribution is 9.10. The van der Waals surface area contributed by atoms with E-state index in [0.29, 0.717) is 0 Å². The molecule has 0 fully saturated rings. The summed E-state index contributed by atoms with van der Waals surface area (Å²) in [4.78, 5) is 15.6. The zero-order valence-electron chi connectivity index (χ0n) is 10.1. The number of alkyl halides is 1. The van der Waals surface area contributed by atoms with Crippen LogP contribution in [-0.2, 0) is 4.79 Å². The van der Waals surface area contributed by atoms with Crippen LogP contribution in [0.25, 0.3) is 5.69 Å². The molecule has 1 aromatic heterocycles. The van der Waals surface area contributed by atoms with Crippen LogP contribution in [0.5, 0.6) is 0 Å². The van der Waals surface area contributed by atoms with Crippen LogP contribution in [0.1, 0.15) is 13.8 Å². The van der Waals surface area contributed by atoms with Gasteiger partial charge >= 0.3 is 0 Å². The molecule has 1 amide bonds. The average Bonchev–Trinajstić information content (AvgIpc) is 2.82. The number of anilines is 1. The van der Waals surface area contributed by atoms with Gasteiger partial charge < -0.3 is 5.32 Å². The van der Waals surface area contributed by atoms with Crippen molar-refractivity contribution in [3.63, 3.8) is 0 Å². The van der Waals surface area contributed by atoms with E-state index in [-0.39, 0.29) is 5.91 Å². The lowest BCUT2D eigenvalue weighted by Gasteiger charge is -2.15. The Hall–Kier alpha value is -1.69.